The van der Waals surface area contributed by atoms with Crippen LogP contribution >= 0.6 is 0 Å². The Balaban J connectivity index is 1.54. The van der Waals surface area contributed by atoms with Gasteiger partial charge in [0.15, 0.2) is 0 Å². The summed E-state index contributed by atoms with van der Waals surface area (Å²) in [7, 11) is 0. The number of rotatable bonds is 6. The van der Waals surface area contributed by atoms with E-state index in [9.17, 15) is 10.2 Å². The van der Waals surface area contributed by atoms with E-state index in [1.807, 2.05) is 18.2 Å². The molecule has 0 amide bonds. The number of aliphatic hydroxyl groups is 2. The van der Waals surface area contributed by atoms with Crippen LogP contribution in [0.5, 0.6) is 0 Å². The van der Waals surface area contributed by atoms with Crippen molar-refractivity contribution >= 4 is 0 Å². The monoisotopic (exact) mass is 343 g/mol. The van der Waals surface area contributed by atoms with Crippen LogP contribution in [-0.4, -0.2) is 66.0 Å². The van der Waals surface area contributed by atoms with Crippen LogP contribution in [0.3, 0.4) is 0 Å². The summed E-state index contributed by atoms with van der Waals surface area (Å²) in [5, 5.41) is 28.1. The molecule has 2 fully saturated rings. The summed E-state index contributed by atoms with van der Waals surface area (Å²) >= 11 is 0. The maximum atomic E-state index is 9.79. The van der Waals surface area contributed by atoms with Crippen LogP contribution in [0.4, 0.5) is 0 Å². The Morgan fingerprint density at radius 1 is 1.04 bits per heavy atom. The van der Waals surface area contributed by atoms with Gasteiger partial charge in [0.05, 0.1) is 11.6 Å². The molecule has 2 atom stereocenters. The van der Waals surface area contributed by atoms with Crippen molar-refractivity contribution in [2.75, 3.05) is 45.9 Å². The fourth-order valence-corrected chi connectivity index (χ4v) is 4.26. The van der Waals surface area contributed by atoms with Crippen LogP contribution < -0.4 is 0 Å². The largest absolute Gasteiger partial charge is 0.396 e. The first-order valence-electron chi connectivity index (χ1n) is 9.37. The highest BCUT2D eigenvalue weighted by Crippen LogP contribution is 2.27. The highest BCUT2D eigenvalue weighted by atomic mass is 16.3. The predicted molar refractivity (Wildman–Crippen MR) is 96.7 cm³/mol. The van der Waals surface area contributed by atoms with E-state index >= 15 is 0 Å². The van der Waals surface area contributed by atoms with Crippen molar-refractivity contribution < 1.29 is 10.2 Å². The van der Waals surface area contributed by atoms with Gasteiger partial charge in [0.25, 0.3) is 0 Å². The number of benzene rings is 1. The van der Waals surface area contributed by atoms with Crippen molar-refractivity contribution in [1.82, 2.24) is 9.80 Å². The molecule has 25 heavy (non-hydrogen) atoms. The van der Waals surface area contributed by atoms with E-state index in [0.717, 1.165) is 52.1 Å². The maximum Gasteiger partial charge on any atom is 0.0991 e. The molecule has 0 unspecified atom stereocenters. The average Bonchev–Trinajstić information content (AvgIpc) is 3.03. The molecule has 0 aromatic heterocycles. The van der Waals surface area contributed by atoms with Gasteiger partial charge >= 0.3 is 0 Å². The molecule has 0 aliphatic carbocycles. The number of aliphatic hydroxyl groups excluding tert-OH is 2. The molecule has 2 N–H and O–H groups in total. The van der Waals surface area contributed by atoms with Crippen LogP contribution in [0, 0.1) is 29.1 Å². The minimum Gasteiger partial charge on any atom is -0.396 e. The van der Waals surface area contributed by atoms with Gasteiger partial charge in [-0.25, -0.2) is 0 Å². The van der Waals surface area contributed by atoms with Gasteiger partial charge in [0.2, 0.25) is 0 Å². The lowest BCUT2D eigenvalue weighted by Crippen LogP contribution is -2.40. The van der Waals surface area contributed by atoms with Crippen LogP contribution in [-0.2, 0) is 6.54 Å². The number of likely N-dealkylation sites (tertiary alicyclic amines) is 2. The molecule has 1 aromatic carbocycles. The molecule has 5 heteroatoms. The first kappa shape index (κ1) is 18.3. The second-order valence-electron chi connectivity index (χ2n) is 7.64. The van der Waals surface area contributed by atoms with Crippen molar-refractivity contribution in [3.63, 3.8) is 0 Å². The second-order valence-corrected chi connectivity index (χ2v) is 7.64. The first-order chi connectivity index (χ1) is 12.2. The van der Waals surface area contributed by atoms with Gasteiger partial charge in [-0.2, -0.15) is 5.26 Å². The summed E-state index contributed by atoms with van der Waals surface area (Å²) in [6.45, 7) is 6.48. The Hall–Kier alpha value is -1.45. The first-order valence-corrected chi connectivity index (χ1v) is 9.37. The van der Waals surface area contributed by atoms with Crippen molar-refractivity contribution in [2.24, 2.45) is 17.8 Å². The molecular weight excluding hydrogens is 314 g/mol. The fourth-order valence-electron chi connectivity index (χ4n) is 4.26. The number of nitriles is 1. The zero-order valence-corrected chi connectivity index (χ0v) is 14.8. The molecule has 136 valence electrons. The van der Waals surface area contributed by atoms with Gasteiger partial charge in [-0.05, 0) is 61.4 Å². The molecule has 3 rings (SSSR count). The van der Waals surface area contributed by atoms with Gasteiger partial charge in [-0.15, -0.1) is 0 Å². The van der Waals surface area contributed by atoms with Gasteiger partial charge < -0.3 is 15.1 Å². The van der Waals surface area contributed by atoms with Crippen molar-refractivity contribution in [2.45, 2.75) is 19.4 Å². The van der Waals surface area contributed by atoms with Gasteiger partial charge in [-0.1, -0.05) is 12.1 Å². The highest BCUT2D eigenvalue weighted by molar-refractivity contribution is 5.32. The van der Waals surface area contributed by atoms with Crippen LogP contribution in [0.2, 0.25) is 0 Å². The minimum absolute atomic E-state index is 0.243. The summed E-state index contributed by atoms with van der Waals surface area (Å²) in [5.41, 5.74) is 1.87. The fraction of sp³-hybridized carbons (Fsp3) is 0.650. The minimum atomic E-state index is 0.243. The molecule has 2 heterocycles. The lowest BCUT2D eigenvalue weighted by atomic mass is 9.93. The predicted octanol–water partition coefficient (Wildman–Crippen LogP) is 1.30. The SMILES string of the molecule is N#Cc1cccc(CN2C[C@@H](CN3CCC(CO)CC3)[C@@H](CO)C2)c1. The summed E-state index contributed by atoms with van der Waals surface area (Å²) in [6.07, 6.45) is 2.16. The van der Waals surface area contributed by atoms with Gasteiger partial charge in [-0.3, -0.25) is 4.90 Å². The Morgan fingerprint density at radius 2 is 1.80 bits per heavy atom. The topological polar surface area (TPSA) is 70.7 Å². The standard InChI is InChI=1S/C20H29N3O2/c21-9-17-2-1-3-18(8-17)10-23-12-19(20(13-23)15-25)11-22-6-4-16(14-24)5-7-22/h1-3,8,16,19-20,24-25H,4-7,10-15H2/t19-,20-/m1/s1. The van der Waals surface area contributed by atoms with Gasteiger partial charge in [0.1, 0.15) is 0 Å². The zero-order chi connectivity index (χ0) is 17.6. The Morgan fingerprint density at radius 3 is 2.48 bits per heavy atom. The molecule has 0 saturated carbocycles. The third-order valence-electron chi connectivity index (χ3n) is 5.81. The molecule has 2 aliphatic heterocycles. The van der Waals surface area contributed by atoms with Crippen molar-refractivity contribution in [3.8, 4) is 6.07 Å². The smallest absolute Gasteiger partial charge is 0.0991 e. The normalized spacial score (nSPS) is 26.0. The number of hydrogen-bond acceptors (Lipinski definition) is 5. The van der Waals surface area contributed by atoms with E-state index in [4.69, 9.17) is 5.26 Å². The molecule has 5 nitrogen and oxygen atoms in total. The Bertz CT molecular complexity index is 593. The number of hydrogen-bond donors (Lipinski definition) is 2. The quantitative estimate of drug-likeness (QED) is 0.815. The van der Waals surface area contributed by atoms with E-state index in [2.05, 4.69) is 21.9 Å². The zero-order valence-electron chi connectivity index (χ0n) is 14.8. The Kier molecular flexibility index (Phi) is 6.44. The number of nitrogens with zero attached hydrogens (tertiary/aromatic N) is 3. The van der Waals surface area contributed by atoms with E-state index in [1.165, 1.54) is 5.56 Å². The Labute approximate surface area is 150 Å². The third-order valence-corrected chi connectivity index (χ3v) is 5.81. The average molecular weight is 343 g/mol. The lowest BCUT2D eigenvalue weighted by Gasteiger charge is -2.33. The molecule has 0 spiro atoms. The highest BCUT2D eigenvalue weighted by Gasteiger charge is 2.34. The van der Waals surface area contributed by atoms with E-state index in [1.54, 1.807) is 0 Å². The van der Waals surface area contributed by atoms with Crippen LogP contribution in [0.15, 0.2) is 24.3 Å². The summed E-state index contributed by atoms with van der Waals surface area (Å²) in [6, 6.07) is 10.0. The lowest BCUT2D eigenvalue weighted by molar-refractivity contribution is 0.106. The summed E-state index contributed by atoms with van der Waals surface area (Å²) < 4.78 is 0. The molecule has 0 radical (unpaired) electrons. The van der Waals surface area contributed by atoms with E-state index in [-0.39, 0.29) is 6.61 Å². The molecule has 1 aromatic rings. The van der Waals surface area contributed by atoms with E-state index in [0.29, 0.717) is 29.9 Å². The van der Waals surface area contributed by atoms with Crippen LogP contribution in [0.1, 0.15) is 24.0 Å². The summed E-state index contributed by atoms with van der Waals surface area (Å²) in [4.78, 5) is 4.90. The molecule has 2 aliphatic rings. The number of piperidine rings is 1. The van der Waals surface area contributed by atoms with E-state index < -0.39 is 0 Å². The molecule has 2 saturated heterocycles. The van der Waals surface area contributed by atoms with Crippen molar-refractivity contribution in [1.29, 1.82) is 5.26 Å². The van der Waals surface area contributed by atoms with Crippen LogP contribution in [0.25, 0.3) is 0 Å². The summed E-state index contributed by atoms with van der Waals surface area (Å²) in [5.74, 6) is 1.29. The molecule has 0 bridgehead atoms. The molecular formula is C20H29N3O2. The van der Waals surface area contributed by atoms with Crippen molar-refractivity contribution in [3.05, 3.63) is 35.4 Å². The maximum absolute atomic E-state index is 9.79. The third kappa shape index (κ3) is 4.80. The van der Waals surface area contributed by atoms with Gasteiger partial charge in [0, 0.05) is 39.4 Å². The second kappa shape index (κ2) is 8.77.